The molecule has 0 saturated carbocycles. The predicted octanol–water partition coefficient (Wildman–Crippen LogP) is 3.61. The molecule has 0 aliphatic heterocycles. The van der Waals surface area contributed by atoms with Crippen LogP contribution in [-0.2, 0) is 6.42 Å². The maximum atomic E-state index is 5.45. The van der Waals surface area contributed by atoms with Crippen LogP contribution in [0.15, 0.2) is 24.3 Å². The molecule has 0 spiro atoms. The molecule has 1 N–H and O–H groups in total. The molecule has 0 aliphatic carbocycles. The van der Waals surface area contributed by atoms with Gasteiger partial charge in [0.2, 0.25) is 0 Å². The summed E-state index contributed by atoms with van der Waals surface area (Å²) in [6.07, 6.45) is 5.86. The summed E-state index contributed by atoms with van der Waals surface area (Å²) in [6.45, 7) is 4.32. The van der Waals surface area contributed by atoms with Crippen LogP contribution in [0.3, 0.4) is 0 Å². The first-order chi connectivity index (χ1) is 9.31. The van der Waals surface area contributed by atoms with Gasteiger partial charge in [-0.1, -0.05) is 25.1 Å². The second kappa shape index (κ2) is 10.2. The highest BCUT2D eigenvalue weighted by atomic mass is 32.2. The van der Waals surface area contributed by atoms with Crippen molar-refractivity contribution in [2.45, 2.75) is 26.2 Å². The maximum absolute atomic E-state index is 5.45. The molecule has 1 rings (SSSR count). The summed E-state index contributed by atoms with van der Waals surface area (Å²) in [5, 5.41) is 3.49. The van der Waals surface area contributed by atoms with Gasteiger partial charge < -0.3 is 10.1 Å². The Hall–Kier alpha value is -0.670. The molecule has 0 radical (unpaired) electrons. The molecule has 3 heteroatoms. The first kappa shape index (κ1) is 16.4. The third-order valence-electron chi connectivity index (χ3n) is 3.34. The fourth-order valence-corrected chi connectivity index (χ4v) is 2.78. The van der Waals surface area contributed by atoms with Crippen molar-refractivity contribution < 1.29 is 4.74 Å². The van der Waals surface area contributed by atoms with E-state index in [1.165, 1.54) is 24.2 Å². The lowest BCUT2D eigenvalue weighted by Gasteiger charge is -2.18. The van der Waals surface area contributed by atoms with Crippen LogP contribution in [0.2, 0.25) is 0 Å². The van der Waals surface area contributed by atoms with Gasteiger partial charge in [0.25, 0.3) is 0 Å². The standard InChI is InChI=1S/C16H27NOS/c1-4-17-13-14(8-7-11-19-3)12-15-9-5-6-10-16(15)18-2/h5-6,9-10,14,17H,4,7-8,11-13H2,1-3H3. The highest BCUT2D eigenvalue weighted by Gasteiger charge is 2.12. The van der Waals surface area contributed by atoms with Crippen molar-refractivity contribution in [3.05, 3.63) is 29.8 Å². The van der Waals surface area contributed by atoms with Gasteiger partial charge in [0.05, 0.1) is 7.11 Å². The van der Waals surface area contributed by atoms with E-state index in [2.05, 4.69) is 36.7 Å². The summed E-state index contributed by atoms with van der Waals surface area (Å²) in [5.74, 6) is 2.98. The van der Waals surface area contributed by atoms with Crippen molar-refractivity contribution in [3.63, 3.8) is 0 Å². The van der Waals surface area contributed by atoms with Crippen LogP contribution >= 0.6 is 11.8 Å². The zero-order valence-corrected chi connectivity index (χ0v) is 13.3. The Kier molecular flexibility index (Phi) is 8.76. The molecule has 0 aromatic heterocycles. The third-order valence-corrected chi connectivity index (χ3v) is 4.04. The summed E-state index contributed by atoms with van der Waals surface area (Å²) in [4.78, 5) is 0. The number of para-hydroxylation sites is 1. The molecule has 1 atom stereocenters. The Bertz CT molecular complexity index is 343. The number of hydrogen-bond donors (Lipinski definition) is 1. The van der Waals surface area contributed by atoms with Gasteiger partial charge >= 0.3 is 0 Å². The van der Waals surface area contributed by atoms with Crippen molar-refractivity contribution >= 4 is 11.8 Å². The van der Waals surface area contributed by atoms with Gasteiger partial charge in [0.1, 0.15) is 5.75 Å². The van der Waals surface area contributed by atoms with Crippen LogP contribution in [0.1, 0.15) is 25.3 Å². The topological polar surface area (TPSA) is 21.3 Å². The average molecular weight is 281 g/mol. The molecule has 0 fully saturated rings. The number of nitrogens with one attached hydrogen (secondary N) is 1. The normalized spacial score (nSPS) is 12.4. The Labute approximate surface area is 122 Å². The minimum Gasteiger partial charge on any atom is -0.496 e. The highest BCUT2D eigenvalue weighted by molar-refractivity contribution is 7.98. The molecule has 2 nitrogen and oxygen atoms in total. The van der Waals surface area contributed by atoms with Crippen molar-refractivity contribution in [2.75, 3.05) is 32.2 Å². The Morgan fingerprint density at radius 3 is 2.79 bits per heavy atom. The van der Waals surface area contributed by atoms with Crippen LogP contribution in [0.5, 0.6) is 5.75 Å². The Morgan fingerprint density at radius 1 is 1.32 bits per heavy atom. The first-order valence-corrected chi connectivity index (χ1v) is 8.52. The second-order valence-electron chi connectivity index (χ2n) is 4.82. The van der Waals surface area contributed by atoms with Gasteiger partial charge in [0, 0.05) is 0 Å². The van der Waals surface area contributed by atoms with Crippen LogP contribution in [-0.4, -0.2) is 32.2 Å². The summed E-state index contributed by atoms with van der Waals surface area (Å²) < 4.78 is 5.45. The molecule has 0 heterocycles. The smallest absolute Gasteiger partial charge is 0.122 e. The lowest BCUT2D eigenvalue weighted by atomic mass is 9.94. The third kappa shape index (κ3) is 6.35. The first-order valence-electron chi connectivity index (χ1n) is 7.13. The Balaban J connectivity index is 2.58. The average Bonchev–Trinajstić information content (AvgIpc) is 2.45. The number of rotatable bonds is 10. The minimum atomic E-state index is 0.698. The highest BCUT2D eigenvalue weighted by Crippen LogP contribution is 2.23. The largest absolute Gasteiger partial charge is 0.496 e. The van der Waals surface area contributed by atoms with Crippen molar-refractivity contribution in [3.8, 4) is 5.75 Å². The molecule has 1 aromatic carbocycles. The molecule has 1 aromatic rings. The Morgan fingerprint density at radius 2 is 2.11 bits per heavy atom. The zero-order valence-electron chi connectivity index (χ0n) is 12.4. The van der Waals surface area contributed by atoms with E-state index in [9.17, 15) is 0 Å². The summed E-state index contributed by atoms with van der Waals surface area (Å²) in [7, 11) is 1.76. The summed E-state index contributed by atoms with van der Waals surface area (Å²) in [5.41, 5.74) is 1.33. The SMILES string of the molecule is CCNCC(CCCSC)Cc1ccccc1OC. The van der Waals surface area contributed by atoms with Gasteiger partial charge in [-0.05, 0) is 61.9 Å². The monoisotopic (exact) mass is 281 g/mol. The molecular formula is C16H27NOS. The molecule has 0 amide bonds. The van der Waals surface area contributed by atoms with Gasteiger partial charge in [-0.3, -0.25) is 0 Å². The number of ether oxygens (including phenoxy) is 1. The molecule has 19 heavy (non-hydrogen) atoms. The maximum Gasteiger partial charge on any atom is 0.122 e. The van der Waals surface area contributed by atoms with Crippen LogP contribution in [0.25, 0.3) is 0 Å². The fourth-order valence-electron chi connectivity index (χ4n) is 2.32. The number of methoxy groups -OCH3 is 1. The van der Waals surface area contributed by atoms with Crippen LogP contribution in [0.4, 0.5) is 0 Å². The lowest BCUT2D eigenvalue weighted by molar-refractivity contribution is 0.396. The van der Waals surface area contributed by atoms with Gasteiger partial charge in [0.15, 0.2) is 0 Å². The van der Waals surface area contributed by atoms with Crippen molar-refractivity contribution in [1.29, 1.82) is 0 Å². The van der Waals surface area contributed by atoms with E-state index in [-0.39, 0.29) is 0 Å². The van der Waals surface area contributed by atoms with Gasteiger partial charge in [-0.25, -0.2) is 0 Å². The number of benzene rings is 1. The summed E-state index contributed by atoms with van der Waals surface area (Å²) in [6, 6.07) is 8.38. The van der Waals surface area contributed by atoms with E-state index in [4.69, 9.17) is 4.74 Å². The van der Waals surface area contributed by atoms with E-state index in [1.54, 1.807) is 7.11 Å². The molecule has 1 unspecified atom stereocenters. The van der Waals surface area contributed by atoms with Crippen molar-refractivity contribution in [2.24, 2.45) is 5.92 Å². The molecule has 0 bridgehead atoms. The number of thioether (sulfide) groups is 1. The van der Waals surface area contributed by atoms with Gasteiger partial charge in [-0.15, -0.1) is 0 Å². The molecule has 0 saturated heterocycles. The molecular weight excluding hydrogens is 254 g/mol. The van der Waals surface area contributed by atoms with Crippen LogP contribution < -0.4 is 10.1 Å². The molecule has 108 valence electrons. The van der Waals surface area contributed by atoms with Crippen LogP contribution in [0, 0.1) is 5.92 Å². The fraction of sp³-hybridized carbons (Fsp3) is 0.625. The lowest BCUT2D eigenvalue weighted by Crippen LogP contribution is -2.24. The molecule has 0 aliphatic rings. The van der Waals surface area contributed by atoms with Crippen molar-refractivity contribution in [1.82, 2.24) is 5.32 Å². The summed E-state index contributed by atoms with van der Waals surface area (Å²) >= 11 is 1.94. The second-order valence-corrected chi connectivity index (χ2v) is 5.81. The van der Waals surface area contributed by atoms with E-state index < -0.39 is 0 Å². The minimum absolute atomic E-state index is 0.698. The predicted molar refractivity (Wildman–Crippen MR) is 86.3 cm³/mol. The van der Waals surface area contributed by atoms with E-state index in [0.29, 0.717) is 5.92 Å². The number of hydrogen-bond acceptors (Lipinski definition) is 3. The zero-order chi connectivity index (χ0) is 13.9. The quantitative estimate of drug-likeness (QED) is 0.662. The van der Waals surface area contributed by atoms with E-state index in [0.717, 1.165) is 25.3 Å². The van der Waals surface area contributed by atoms with E-state index >= 15 is 0 Å². The van der Waals surface area contributed by atoms with E-state index in [1.807, 2.05) is 17.8 Å². The van der Waals surface area contributed by atoms with Gasteiger partial charge in [-0.2, -0.15) is 11.8 Å².